The molecule has 0 fully saturated rings. The van der Waals surface area contributed by atoms with E-state index in [1.807, 2.05) is 0 Å². The predicted octanol–water partition coefficient (Wildman–Crippen LogP) is 4.69. The van der Waals surface area contributed by atoms with E-state index >= 15 is 0 Å². The van der Waals surface area contributed by atoms with Crippen molar-refractivity contribution < 1.29 is 27.5 Å². The minimum Gasteiger partial charge on any atom is -0.456 e. The molecule has 0 unspecified atom stereocenters. The van der Waals surface area contributed by atoms with Gasteiger partial charge in [-0.15, -0.1) is 0 Å². The van der Waals surface area contributed by atoms with Crippen molar-refractivity contribution in [2.45, 2.75) is 32.5 Å². The third kappa shape index (κ3) is 4.93. The number of carbonyl (C=O) groups excluding carboxylic acids is 2. The van der Waals surface area contributed by atoms with E-state index in [1.165, 1.54) is 29.8 Å². The molecule has 0 spiro atoms. The average Bonchev–Trinajstić information content (AvgIpc) is 3.26. The van der Waals surface area contributed by atoms with Gasteiger partial charge in [0.15, 0.2) is 11.5 Å². The fourth-order valence-corrected chi connectivity index (χ4v) is 3.11. The Kier molecular flexibility index (Phi) is 6.05. The maximum Gasteiger partial charge on any atom is 0.435 e. The third-order valence-corrected chi connectivity index (χ3v) is 4.53. The molecule has 0 aliphatic carbocycles. The lowest BCUT2D eigenvalue weighted by Crippen LogP contribution is -2.24. The van der Waals surface area contributed by atoms with Crippen molar-refractivity contribution in [3.63, 3.8) is 0 Å². The summed E-state index contributed by atoms with van der Waals surface area (Å²) in [6.45, 7) is 5.15. The highest BCUT2D eigenvalue weighted by Crippen LogP contribution is 2.35. The molecule has 0 bridgehead atoms. The molecule has 3 aromatic rings. The summed E-state index contributed by atoms with van der Waals surface area (Å²) in [5.41, 5.74) is -1.62. The summed E-state index contributed by atoms with van der Waals surface area (Å²) >= 11 is 6.16. The number of amides is 1. The first kappa shape index (κ1) is 23.3. The molecule has 8 nitrogen and oxygen atoms in total. The molecule has 0 radical (unpaired) electrons. The number of halogens is 4. The maximum atomic E-state index is 13.1. The van der Waals surface area contributed by atoms with Crippen LogP contribution >= 0.6 is 11.6 Å². The number of benzene rings is 1. The van der Waals surface area contributed by atoms with E-state index in [9.17, 15) is 22.8 Å². The van der Waals surface area contributed by atoms with Crippen molar-refractivity contribution in [3.05, 3.63) is 52.7 Å². The number of hydrogen-bond donors (Lipinski definition) is 2. The van der Waals surface area contributed by atoms with Crippen molar-refractivity contribution in [2.24, 2.45) is 7.05 Å². The van der Waals surface area contributed by atoms with Gasteiger partial charge in [0.05, 0.1) is 28.0 Å². The Morgan fingerprint density at radius 1 is 1.22 bits per heavy atom. The standard InChI is InChI=1S/C20H19ClF3N5O3/c1-19(2,3)32-18(31)11-6-5-10(7-13(11)21)27-17(30)16-25-9-14(29(16)4)12-8-26-28-15(12)20(22,23)24/h5-9H,1-4H3,(H,26,28)(H,27,30). The van der Waals surface area contributed by atoms with Crippen LogP contribution in [0.4, 0.5) is 18.9 Å². The fraction of sp³-hybridized carbons (Fsp3) is 0.300. The molecule has 1 aromatic carbocycles. The van der Waals surface area contributed by atoms with E-state index in [0.29, 0.717) is 0 Å². The normalized spacial score (nSPS) is 12.0. The minimum absolute atomic E-state index is 0.0505. The summed E-state index contributed by atoms with van der Waals surface area (Å²) < 4.78 is 45.9. The van der Waals surface area contributed by atoms with Crippen molar-refractivity contribution in [2.75, 3.05) is 5.32 Å². The van der Waals surface area contributed by atoms with Crippen LogP contribution in [0.15, 0.2) is 30.6 Å². The fourth-order valence-electron chi connectivity index (χ4n) is 2.85. The number of rotatable bonds is 4. The number of nitrogens with zero attached hydrogens (tertiary/aromatic N) is 3. The van der Waals surface area contributed by atoms with Gasteiger partial charge in [-0.25, -0.2) is 9.78 Å². The van der Waals surface area contributed by atoms with Gasteiger partial charge in [-0.05, 0) is 39.0 Å². The highest BCUT2D eigenvalue weighted by Gasteiger charge is 2.37. The molecule has 0 aliphatic heterocycles. The SMILES string of the molecule is Cn1c(-c2c[nH]nc2C(F)(F)F)cnc1C(=O)Nc1ccc(C(=O)OC(C)(C)C)c(Cl)c1. The van der Waals surface area contributed by atoms with Crippen molar-refractivity contribution in [1.82, 2.24) is 19.7 Å². The maximum absolute atomic E-state index is 13.1. The van der Waals surface area contributed by atoms with Crippen molar-refractivity contribution in [1.29, 1.82) is 0 Å². The van der Waals surface area contributed by atoms with Crippen LogP contribution in [0.2, 0.25) is 5.02 Å². The number of esters is 1. The summed E-state index contributed by atoms with van der Waals surface area (Å²) in [4.78, 5) is 28.8. The van der Waals surface area contributed by atoms with E-state index in [1.54, 1.807) is 20.8 Å². The predicted molar refractivity (Wildman–Crippen MR) is 110 cm³/mol. The molecule has 0 saturated carbocycles. The number of H-pyrrole nitrogens is 1. The van der Waals surface area contributed by atoms with Crippen LogP contribution in [0.1, 0.15) is 47.4 Å². The van der Waals surface area contributed by atoms with E-state index in [-0.39, 0.29) is 33.4 Å². The second-order valence-electron chi connectivity index (χ2n) is 7.82. The second kappa shape index (κ2) is 8.30. The van der Waals surface area contributed by atoms with Crippen LogP contribution in [-0.4, -0.2) is 37.2 Å². The Bertz CT molecular complexity index is 1180. The Morgan fingerprint density at radius 2 is 1.91 bits per heavy atom. The first-order valence-electron chi connectivity index (χ1n) is 9.25. The molecule has 2 heterocycles. The molecule has 0 saturated heterocycles. The smallest absolute Gasteiger partial charge is 0.435 e. The molecular weight excluding hydrogens is 451 g/mol. The number of ether oxygens (including phenoxy) is 1. The number of aromatic amines is 1. The van der Waals surface area contributed by atoms with E-state index < -0.39 is 29.3 Å². The molecule has 2 N–H and O–H groups in total. The number of alkyl halides is 3. The average molecular weight is 470 g/mol. The number of anilines is 1. The minimum atomic E-state index is -4.67. The summed E-state index contributed by atoms with van der Waals surface area (Å²) in [6, 6.07) is 4.21. The second-order valence-corrected chi connectivity index (χ2v) is 8.23. The Hall–Kier alpha value is -3.34. The Morgan fingerprint density at radius 3 is 2.50 bits per heavy atom. The van der Waals surface area contributed by atoms with Gasteiger partial charge < -0.3 is 14.6 Å². The number of imidazole rings is 1. The van der Waals surface area contributed by atoms with Gasteiger partial charge in [-0.1, -0.05) is 11.6 Å². The van der Waals surface area contributed by atoms with E-state index in [2.05, 4.69) is 20.5 Å². The molecule has 3 rings (SSSR count). The molecule has 32 heavy (non-hydrogen) atoms. The largest absolute Gasteiger partial charge is 0.456 e. The van der Waals surface area contributed by atoms with Gasteiger partial charge in [0.1, 0.15) is 5.60 Å². The zero-order chi connectivity index (χ0) is 23.8. The molecule has 2 aromatic heterocycles. The molecule has 1 amide bonds. The molecule has 0 aliphatic rings. The highest BCUT2D eigenvalue weighted by atomic mass is 35.5. The van der Waals surface area contributed by atoms with Crippen LogP contribution in [0.5, 0.6) is 0 Å². The van der Waals surface area contributed by atoms with Crippen LogP contribution in [0.3, 0.4) is 0 Å². The zero-order valence-corrected chi connectivity index (χ0v) is 18.2. The number of carbonyl (C=O) groups is 2. The number of hydrogen-bond acceptors (Lipinski definition) is 5. The summed E-state index contributed by atoms with van der Waals surface area (Å²) in [5, 5.41) is 8.03. The molecule has 12 heteroatoms. The lowest BCUT2D eigenvalue weighted by atomic mass is 10.1. The van der Waals surface area contributed by atoms with Crippen LogP contribution < -0.4 is 5.32 Å². The monoisotopic (exact) mass is 469 g/mol. The van der Waals surface area contributed by atoms with Crippen LogP contribution in [-0.2, 0) is 18.0 Å². The quantitative estimate of drug-likeness (QED) is 0.540. The highest BCUT2D eigenvalue weighted by molar-refractivity contribution is 6.34. The van der Waals surface area contributed by atoms with Crippen LogP contribution in [0, 0.1) is 0 Å². The lowest BCUT2D eigenvalue weighted by Gasteiger charge is -2.20. The van der Waals surface area contributed by atoms with Crippen molar-refractivity contribution in [3.8, 4) is 11.3 Å². The lowest BCUT2D eigenvalue weighted by molar-refractivity contribution is -0.140. The Balaban J connectivity index is 1.81. The number of aromatic nitrogens is 4. The van der Waals surface area contributed by atoms with E-state index in [4.69, 9.17) is 16.3 Å². The first-order valence-corrected chi connectivity index (χ1v) is 9.63. The van der Waals surface area contributed by atoms with Crippen LogP contribution in [0.25, 0.3) is 11.3 Å². The first-order chi connectivity index (χ1) is 14.8. The van der Waals surface area contributed by atoms with Gasteiger partial charge in [0.2, 0.25) is 0 Å². The third-order valence-electron chi connectivity index (χ3n) is 4.22. The summed E-state index contributed by atoms with van der Waals surface area (Å²) in [5.74, 6) is -1.44. The topological polar surface area (TPSA) is 102 Å². The zero-order valence-electron chi connectivity index (χ0n) is 17.5. The summed E-state index contributed by atoms with van der Waals surface area (Å²) in [7, 11) is 1.41. The molecule has 0 atom stereocenters. The molecule has 170 valence electrons. The van der Waals surface area contributed by atoms with Gasteiger partial charge in [-0.2, -0.15) is 18.3 Å². The Labute approximate surface area is 185 Å². The van der Waals surface area contributed by atoms with E-state index in [0.717, 1.165) is 12.4 Å². The van der Waals surface area contributed by atoms with Gasteiger partial charge >= 0.3 is 12.1 Å². The number of nitrogens with one attached hydrogen (secondary N) is 2. The van der Waals surface area contributed by atoms with Crippen molar-refractivity contribution >= 4 is 29.2 Å². The van der Waals surface area contributed by atoms with Gasteiger partial charge in [0, 0.05) is 18.9 Å². The van der Waals surface area contributed by atoms with Gasteiger partial charge in [0.25, 0.3) is 5.91 Å². The van der Waals surface area contributed by atoms with Gasteiger partial charge in [-0.3, -0.25) is 9.89 Å². The molecular formula is C20H19ClF3N5O3. The summed E-state index contributed by atoms with van der Waals surface area (Å²) in [6.07, 6.45) is -2.45.